The van der Waals surface area contributed by atoms with Gasteiger partial charge in [-0.1, -0.05) is 30.3 Å². The van der Waals surface area contributed by atoms with E-state index in [0.29, 0.717) is 19.6 Å². The Bertz CT molecular complexity index is 476. The van der Waals surface area contributed by atoms with Crippen LogP contribution >= 0.6 is 0 Å². The molecule has 1 atom stereocenters. The van der Waals surface area contributed by atoms with Crippen LogP contribution in [0.3, 0.4) is 0 Å². The highest BCUT2D eigenvalue weighted by atomic mass is 16.5. The Kier molecular flexibility index (Phi) is 5.10. The molecule has 1 aromatic carbocycles. The first-order valence-corrected chi connectivity index (χ1v) is 6.72. The van der Waals surface area contributed by atoms with Crippen molar-refractivity contribution in [2.45, 2.75) is 6.10 Å². The van der Waals surface area contributed by atoms with Crippen molar-refractivity contribution in [2.75, 3.05) is 39.8 Å². The van der Waals surface area contributed by atoms with E-state index in [1.165, 1.54) is 0 Å². The number of benzene rings is 1. The Balaban J connectivity index is 1.99. The third kappa shape index (κ3) is 3.35. The Labute approximate surface area is 119 Å². The molecule has 1 fully saturated rings. The number of carbonyl (C=O) groups is 1. The lowest BCUT2D eigenvalue weighted by molar-refractivity contribution is -0.144. The van der Waals surface area contributed by atoms with Gasteiger partial charge in [-0.05, 0) is 5.56 Å². The van der Waals surface area contributed by atoms with Crippen LogP contribution in [0.25, 0.3) is 0 Å². The zero-order chi connectivity index (χ0) is 14.4. The van der Waals surface area contributed by atoms with Crippen molar-refractivity contribution in [3.63, 3.8) is 0 Å². The molecule has 20 heavy (non-hydrogen) atoms. The summed E-state index contributed by atoms with van der Waals surface area (Å²) in [5.74, 6) is -0.00434. The van der Waals surface area contributed by atoms with Crippen LogP contribution in [-0.4, -0.2) is 55.5 Å². The number of carbonyl (C=O) groups excluding carboxylic acids is 1. The van der Waals surface area contributed by atoms with Crippen molar-refractivity contribution in [2.24, 2.45) is 0 Å². The topological polar surface area (TPSA) is 56.6 Å². The highest BCUT2D eigenvalue weighted by Gasteiger charge is 2.28. The zero-order valence-corrected chi connectivity index (χ0v) is 11.7. The summed E-state index contributed by atoms with van der Waals surface area (Å²) in [6.45, 7) is 3.20. The van der Waals surface area contributed by atoms with E-state index in [9.17, 15) is 4.79 Å². The van der Waals surface area contributed by atoms with Crippen molar-refractivity contribution in [3.05, 3.63) is 35.9 Å². The van der Waals surface area contributed by atoms with Gasteiger partial charge in [-0.25, -0.2) is 0 Å². The molecule has 1 aliphatic heterocycles. The molecule has 0 N–H and O–H groups in total. The SMILES string of the molecule is COC(C(=O)N1CCN(CC#N)CC1)c1ccccc1. The van der Waals surface area contributed by atoms with Crippen molar-refractivity contribution in [1.29, 1.82) is 5.26 Å². The lowest BCUT2D eigenvalue weighted by Crippen LogP contribution is -2.50. The van der Waals surface area contributed by atoms with Gasteiger partial charge in [0.05, 0.1) is 12.6 Å². The number of hydrogen-bond donors (Lipinski definition) is 0. The average Bonchev–Trinajstić information content (AvgIpc) is 2.50. The second-order valence-electron chi connectivity index (χ2n) is 4.79. The van der Waals surface area contributed by atoms with Crippen LogP contribution in [0, 0.1) is 11.3 Å². The molecule has 0 aromatic heterocycles. The number of piperazine rings is 1. The molecular formula is C15H19N3O2. The number of nitrogens with zero attached hydrogens (tertiary/aromatic N) is 3. The van der Waals surface area contributed by atoms with Gasteiger partial charge in [0, 0.05) is 33.3 Å². The summed E-state index contributed by atoms with van der Waals surface area (Å²) in [5.41, 5.74) is 0.874. The summed E-state index contributed by atoms with van der Waals surface area (Å²) >= 11 is 0. The van der Waals surface area contributed by atoms with E-state index in [2.05, 4.69) is 6.07 Å². The van der Waals surface area contributed by atoms with Crippen LogP contribution in [0.15, 0.2) is 30.3 Å². The van der Waals surface area contributed by atoms with E-state index in [1.807, 2.05) is 40.1 Å². The minimum Gasteiger partial charge on any atom is -0.367 e. The average molecular weight is 273 g/mol. The lowest BCUT2D eigenvalue weighted by Gasteiger charge is -2.35. The van der Waals surface area contributed by atoms with Gasteiger partial charge in [0.15, 0.2) is 6.10 Å². The van der Waals surface area contributed by atoms with Gasteiger partial charge in [0.25, 0.3) is 5.91 Å². The molecule has 1 aliphatic rings. The van der Waals surface area contributed by atoms with Gasteiger partial charge in [-0.3, -0.25) is 9.69 Å². The van der Waals surface area contributed by atoms with Crippen LogP contribution in [0.1, 0.15) is 11.7 Å². The molecule has 1 unspecified atom stereocenters. The molecule has 1 saturated heterocycles. The van der Waals surface area contributed by atoms with Crippen molar-refractivity contribution in [1.82, 2.24) is 9.80 Å². The van der Waals surface area contributed by atoms with Crippen LogP contribution in [0.2, 0.25) is 0 Å². The normalized spacial score (nSPS) is 17.5. The maximum absolute atomic E-state index is 12.5. The first-order chi connectivity index (χ1) is 9.76. The molecule has 0 spiro atoms. The number of rotatable bonds is 4. The maximum atomic E-state index is 12.5. The monoisotopic (exact) mass is 273 g/mol. The van der Waals surface area contributed by atoms with Crippen LogP contribution in [-0.2, 0) is 9.53 Å². The minimum atomic E-state index is -0.543. The first-order valence-electron chi connectivity index (χ1n) is 6.72. The molecule has 5 nitrogen and oxygen atoms in total. The molecule has 106 valence electrons. The Hall–Kier alpha value is -1.90. The van der Waals surface area contributed by atoms with Gasteiger partial charge in [-0.2, -0.15) is 5.26 Å². The summed E-state index contributed by atoms with van der Waals surface area (Å²) in [4.78, 5) is 16.4. The fourth-order valence-electron chi connectivity index (χ4n) is 2.40. The van der Waals surface area contributed by atoms with Gasteiger partial charge < -0.3 is 9.64 Å². The zero-order valence-electron chi connectivity index (χ0n) is 11.7. The number of methoxy groups -OCH3 is 1. The van der Waals surface area contributed by atoms with E-state index >= 15 is 0 Å². The fourth-order valence-corrected chi connectivity index (χ4v) is 2.40. The van der Waals surface area contributed by atoms with Gasteiger partial charge in [-0.15, -0.1) is 0 Å². The van der Waals surface area contributed by atoms with Gasteiger partial charge in [0.1, 0.15) is 0 Å². The van der Waals surface area contributed by atoms with Crippen LogP contribution < -0.4 is 0 Å². The van der Waals surface area contributed by atoms with E-state index < -0.39 is 6.10 Å². The summed E-state index contributed by atoms with van der Waals surface area (Å²) in [5, 5.41) is 8.68. The smallest absolute Gasteiger partial charge is 0.256 e. The molecule has 1 aromatic rings. The number of amides is 1. The van der Waals surface area contributed by atoms with E-state index in [1.54, 1.807) is 7.11 Å². The Morgan fingerprint density at radius 2 is 1.95 bits per heavy atom. The Morgan fingerprint density at radius 1 is 1.30 bits per heavy atom. The third-order valence-corrected chi connectivity index (χ3v) is 3.54. The molecule has 2 rings (SSSR count). The van der Waals surface area contributed by atoms with E-state index in [4.69, 9.17) is 10.00 Å². The number of ether oxygens (including phenoxy) is 1. The van der Waals surface area contributed by atoms with Crippen LogP contribution in [0.5, 0.6) is 0 Å². The highest BCUT2D eigenvalue weighted by Crippen LogP contribution is 2.20. The minimum absolute atomic E-state index is 0.00434. The van der Waals surface area contributed by atoms with Crippen molar-refractivity contribution < 1.29 is 9.53 Å². The van der Waals surface area contributed by atoms with E-state index in [0.717, 1.165) is 18.7 Å². The summed E-state index contributed by atoms with van der Waals surface area (Å²) in [7, 11) is 1.56. The molecule has 0 radical (unpaired) electrons. The van der Waals surface area contributed by atoms with Gasteiger partial charge in [0.2, 0.25) is 0 Å². The molecule has 0 saturated carbocycles. The first kappa shape index (κ1) is 14.5. The summed E-state index contributed by atoms with van der Waals surface area (Å²) in [6.07, 6.45) is -0.543. The molecule has 0 aliphatic carbocycles. The molecule has 0 bridgehead atoms. The Morgan fingerprint density at radius 3 is 2.50 bits per heavy atom. The summed E-state index contributed by atoms with van der Waals surface area (Å²) in [6, 6.07) is 11.7. The predicted molar refractivity (Wildman–Crippen MR) is 74.8 cm³/mol. The van der Waals surface area contributed by atoms with Crippen LogP contribution in [0.4, 0.5) is 0 Å². The second-order valence-corrected chi connectivity index (χ2v) is 4.79. The van der Waals surface area contributed by atoms with Crippen molar-refractivity contribution in [3.8, 4) is 6.07 Å². The highest BCUT2D eigenvalue weighted by molar-refractivity contribution is 5.82. The molecule has 1 heterocycles. The quantitative estimate of drug-likeness (QED) is 0.769. The van der Waals surface area contributed by atoms with Gasteiger partial charge >= 0.3 is 0 Å². The standard InChI is InChI=1S/C15H19N3O2/c1-20-14(13-5-3-2-4-6-13)15(19)18-11-9-17(8-7-16)10-12-18/h2-6,14H,8-12H2,1H3. The largest absolute Gasteiger partial charge is 0.367 e. The number of nitriles is 1. The molecule has 5 heteroatoms. The van der Waals surface area contributed by atoms with E-state index in [-0.39, 0.29) is 5.91 Å². The summed E-state index contributed by atoms with van der Waals surface area (Å²) < 4.78 is 5.37. The second kappa shape index (κ2) is 7.04. The van der Waals surface area contributed by atoms with Crippen molar-refractivity contribution >= 4 is 5.91 Å². The third-order valence-electron chi connectivity index (χ3n) is 3.54. The lowest BCUT2D eigenvalue weighted by atomic mass is 10.1. The molecule has 1 amide bonds. The predicted octanol–water partition coefficient (Wildman–Crippen LogP) is 1.04. The number of hydrogen-bond acceptors (Lipinski definition) is 4. The molecular weight excluding hydrogens is 254 g/mol. The maximum Gasteiger partial charge on any atom is 0.256 e. The fraction of sp³-hybridized carbons (Fsp3) is 0.467.